The van der Waals surface area contributed by atoms with Crippen LogP contribution in [0.4, 0.5) is 5.69 Å². The van der Waals surface area contributed by atoms with Crippen LogP contribution in [0.1, 0.15) is 32.5 Å². The minimum atomic E-state index is 0.0971. The number of aromatic nitrogens is 2. The number of hydrogen-bond acceptors (Lipinski definition) is 4. The fourth-order valence-corrected chi connectivity index (χ4v) is 1.76. The van der Waals surface area contributed by atoms with Crippen molar-refractivity contribution in [1.29, 1.82) is 0 Å². The largest absolute Gasteiger partial charge is 0.473 e. The quantitative estimate of drug-likeness (QED) is 0.891. The van der Waals surface area contributed by atoms with E-state index < -0.39 is 0 Å². The molecule has 1 atom stereocenters. The van der Waals surface area contributed by atoms with Crippen LogP contribution in [0.15, 0.2) is 42.7 Å². The third-order valence-electron chi connectivity index (χ3n) is 2.62. The molecule has 0 aliphatic rings. The SMILES string of the molecule is CC(C)Oc1ncccc1NC(C)c1ccccn1. The van der Waals surface area contributed by atoms with Gasteiger partial charge in [-0.15, -0.1) is 0 Å². The minimum absolute atomic E-state index is 0.0971. The Morgan fingerprint density at radius 2 is 1.79 bits per heavy atom. The zero-order chi connectivity index (χ0) is 13.7. The molecule has 4 nitrogen and oxygen atoms in total. The molecule has 19 heavy (non-hydrogen) atoms. The molecular formula is C15H19N3O. The highest BCUT2D eigenvalue weighted by Gasteiger charge is 2.11. The van der Waals surface area contributed by atoms with E-state index >= 15 is 0 Å². The maximum atomic E-state index is 5.69. The van der Waals surface area contributed by atoms with Crippen LogP contribution in [0.3, 0.4) is 0 Å². The fourth-order valence-electron chi connectivity index (χ4n) is 1.76. The Hall–Kier alpha value is -2.10. The van der Waals surface area contributed by atoms with Crippen molar-refractivity contribution in [1.82, 2.24) is 9.97 Å². The Morgan fingerprint density at radius 3 is 2.47 bits per heavy atom. The van der Waals surface area contributed by atoms with Gasteiger partial charge in [-0.3, -0.25) is 4.98 Å². The van der Waals surface area contributed by atoms with Crippen molar-refractivity contribution >= 4 is 5.69 Å². The molecule has 2 aromatic rings. The third kappa shape index (κ3) is 3.68. The second kappa shape index (κ2) is 6.18. The summed E-state index contributed by atoms with van der Waals surface area (Å²) in [4.78, 5) is 8.60. The molecule has 0 spiro atoms. The van der Waals surface area contributed by atoms with Crippen molar-refractivity contribution in [3.8, 4) is 5.88 Å². The van der Waals surface area contributed by atoms with Gasteiger partial charge in [0, 0.05) is 12.4 Å². The summed E-state index contributed by atoms with van der Waals surface area (Å²) in [5.74, 6) is 0.625. The normalized spacial score (nSPS) is 12.2. The monoisotopic (exact) mass is 257 g/mol. The highest BCUT2D eigenvalue weighted by Crippen LogP contribution is 2.25. The Kier molecular flexibility index (Phi) is 4.34. The smallest absolute Gasteiger partial charge is 0.237 e. The molecule has 0 aliphatic carbocycles. The predicted octanol–water partition coefficient (Wildman–Crippen LogP) is 3.44. The third-order valence-corrected chi connectivity index (χ3v) is 2.62. The van der Waals surface area contributed by atoms with Crippen LogP contribution >= 0.6 is 0 Å². The van der Waals surface area contributed by atoms with Gasteiger partial charge in [0.1, 0.15) is 0 Å². The topological polar surface area (TPSA) is 47.0 Å². The average Bonchev–Trinajstić information content (AvgIpc) is 2.41. The van der Waals surface area contributed by atoms with Crippen LogP contribution < -0.4 is 10.1 Å². The molecule has 4 heteroatoms. The van der Waals surface area contributed by atoms with Gasteiger partial charge in [0.2, 0.25) is 5.88 Å². The first-order valence-corrected chi connectivity index (χ1v) is 6.46. The van der Waals surface area contributed by atoms with Crippen molar-refractivity contribution in [3.63, 3.8) is 0 Å². The standard InChI is InChI=1S/C15H19N3O/c1-11(2)19-15-14(8-6-10-17-15)18-12(3)13-7-4-5-9-16-13/h4-12,18H,1-3H3. The zero-order valence-corrected chi connectivity index (χ0v) is 11.5. The summed E-state index contributed by atoms with van der Waals surface area (Å²) in [6.07, 6.45) is 3.62. The summed E-state index contributed by atoms with van der Waals surface area (Å²) in [6.45, 7) is 6.04. The van der Waals surface area contributed by atoms with E-state index in [0.717, 1.165) is 11.4 Å². The molecule has 0 radical (unpaired) electrons. The van der Waals surface area contributed by atoms with Gasteiger partial charge in [-0.05, 0) is 45.0 Å². The molecule has 2 rings (SSSR count). The second-order valence-corrected chi connectivity index (χ2v) is 4.64. The van der Waals surface area contributed by atoms with E-state index in [0.29, 0.717) is 5.88 Å². The molecule has 0 saturated heterocycles. The van der Waals surface area contributed by atoms with Gasteiger partial charge in [0.25, 0.3) is 0 Å². The first kappa shape index (κ1) is 13.3. The minimum Gasteiger partial charge on any atom is -0.473 e. The number of rotatable bonds is 5. The van der Waals surface area contributed by atoms with E-state index in [1.54, 1.807) is 12.4 Å². The van der Waals surface area contributed by atoms with E-state index in [1.807, 2.05) is 44.2 Å². The Bertz CT molecular complexity index is 514. The average molecular weight is 257 g/mol. The molecule has 1 unspecified atom stereocenters. The zero-order valence-electron chi connectivity index (χ0n) is 11.5. The Balaban J connectivity index is 2.15. The molecule has 100 valence electrons. The number of ether oxygens (including phenoxy) is 1. The molecule has 2 heterocycles. The van der Waals surface area contributed by atoms with Crippen LogP contribution in [-0.2, 0) is 0 Å². The molecule has 0 saturated carbocycles. The van der Waals surface area contributed by atoms with Gasteiger partial charge in [0.05, 0.1) is 23.5 Å². The van der Waals surface area contributed by atoms with Crippen molar-refractivity contribution in [3.05, 3.63) is 48.4 Å². The lowest BCUT2D eigenvalue weighted by Crippen LogP contribution is -2.12. The summed E-state index contributed by atoms with van der Waals surface area (Å²) in [6, 6.07) is 9.84. The molecule has 1 N–H and O–H groups in total. The Labute approximate surface area is 113 Å². The first-order valence-electron chi connectivity index (χ1n) is 6.46. The Morgan fingerprint density at radius 1 is 1.00 bits per heavy atom. The predicted molar refractivity (Wildman–Crippen MR) is 76.3 cm³/mol. The van der Waals surface area contributed by atoms with Crippen molar-refractivity contribution in [2.24, 2.45) is 0 Å². The van der Waals surface area contributed by atoms with Crippen LogP contribution in [0.5, 0.6) is 5.88 Å². The van der Waals surface area contributed by atoms with Crippen molar-refractivity contribution in [2.45, 2.75) is 32.9 Å². The first-order chi connectivity index (χ1) is 9.16. The van der Waals surface area contributed by atoms with Crippen LogP contribution in [0, 0.1) is 0 Å². The van der Waals surface area contributed by atoms with Gasteiger partial charge in [0.15, 0.2) is 0 Å². The summed E-state index contributed by atoms with van der Waals surface area (Å²) >= 11 is 0. The highest BCUT2D eigenvalue weighted by atomic mass is 16.5. The van der Waals surface area contributed by atoms with E-state index in [-0.39, 0.29) is 12.1 Å². The summed E-state index contributed by atoms with van der Waals surface area (Å²) < 4.78 is 5.69. The van der Waals surface area contributed by atoms with E-state index in [2.05, 4.69) is 22.2 Å². The maximum Gasteiger partial charge on any atom is 0.237 e. The van der Waals surface area contributed by atoms with E-state index in [4.69, 9.17) is 4.74 Å². The number of anilines is 1. The summed E-state index contributed by atoms with van der Waals surface area (Å²) in [7, 11) is 0. The van der Waals surface area contributed by atoms with Gasteiger partial charge >= 0.3 is 0 Å². The van der Waals surface area contributed by atoms with Gasteiger partial charge in [-0.25, -0.2) is 4.98 Å². The number of nitrogens with zero attached hydrogens (tertiary/aromatic N) is 2. The lowest BCUT2D eigenvalue weighted by atomic mass is 10.2. The van der Waals surface area contributed by atoms with E-state index in [9.17, 15) is 0 Å². The molecule has 0 fully saturated rings. The van der Waals surface area contributed by atoms with Gasteiger partial charge < -0.3 is 10.1 Å². The molecule has 2 aromatic heterocycles. The second-order valence-electron chi connectivity index (χ2n) is 4.64. The van der Waals surface area contributed by atoms with Gasteiger partial charge in [-0.2, -0.15) is 0 Å². The van der Waals surface area contributed by atoms with Crippen LogP contribution in [0.2, 0.25) is 0 Å². The summed E-state index contributed by atoms with van der Waals surface area (Å²) in [5, 5.41) is 3.38. The fraction of sp³-hybridized carbons (Fsp3) is 0.333. The molecule has 0 aliphatic heterocycles. The highest BCUT2D eigenvalue weighted by molar-refractivity contribution is 5.53. The van der Waals surface area contributed by atoms with Crippen LogP contribution in [-0.4, -0.2) is 16.1 Å². The maximum absolute atomic E-state index is 5.69. The number of pyridine rings is 2. The molecule has 0 bridgehead atoms. The lowest BCUT2D eigenvalue weighted by Gasteiger charge is -2.18. The van der Waals surface area contributed by atoms with Gasteiger partial charge in [-0.1, -0.05) is 6.07 Å². The number of nitrogens with one attached hydrogen (secondary N) is 1. The number of hydrogen-bond donors (Lipinski definition) is 1. The van der Waals surface area contributed by atoms with Crippen molar-refractivity contribution < 1.29 is 4.74 Å². The lowest BCUT2D eigenvalue weighted by molar-refractivity contribution is 0.234. The molecular weight excluding hydrogens is 238 g/mol. The molecule has 0 amide bonds. The van der Waals surface area contributed by atoms with E-state index in [1.165, 1.54) is 0 Å². The summed E-state index contributed by atoms with van der Waals surface area (Å²) in [5.41, 5.74) is 1.87. The van der Waals surface area contributed by atoms with Crippen LogP contribution in [0.25, 0.3) is 0 Å². The molecule has 0 aromatic carbocycles. The van der Waals surface area contributed by atoms with Crippen molar-refractivity contribution in [2.75, 3.05) is 5.32 Å².